The normalized spacial score (nSPS) is 13.7. The SMILES string of the molecule is Cc1cccc(CN2CCc3cc(N)cc(Cl)c32)c1. The van der Waals surface area contributed by atoms with Crippen molar-refractivity contribution in [3.05, 3.63) is 58.1 Å². The molecular weight excluding hydrogens is 256 g/mol. The minimum Gasteiger partial charge on any atom is -0.399 e. The average Bonchev–Trinajstić information content (AvgIpc) is 2.72. The van der Waals surface area contributed by atoms with Crippen LogP contribution in [-0.2, 0) is 13.0 Å². The first kappa shape index (κ1) is 12.4. The molecule has 0 saturated carbocycles. The van der Waals surface area contributed by atoms with E-state index >= 15 is 0 Å². The van der Waals surface area contributed by atoms with Crippen LogP contribution in [0.15, 0.2) is 36.4 Å². The number of halogens is 1. The van der Waals surface area contributed by atoms with Gasteiger partial charge < -0.3 is 10.6 Å². The maximum atomic E-state index is 6.35. The molecule has 0 saturated heterocycles. The van der Waals surface area contributed by atoms with Crippen molar-refractivity contribution in [1.29, 1.82) is 0 Å². The summed E-state index contributed by atoms with van der Waals surface area (Å²) in [4.78, 5) is 2.34. The summed E-state index contributed by atoms with van der Waals surface area (Å²) in [6.45, 7) is 4.03. The first-order chi connectivity index (χ1) is 9.13. The van der Waals surface area contributed by atoms with Crippen LogP contribution in [0.4, 0.5) is 11.4 Å². The van der Waals surface area contributed by atoms with Crippen LogP contribution >= 0.6 is 11.6 Å². The van der Waals surface area contributed by atoms with Crippen LogP contribution in [0.1, 0.15) is 16.7 Å². The van der Waals surface area contributed by atoms with Crippen molar-refractivity contribution in [3.8, 4) is 0 Å². The Morgan fingerprint density at radius 1 is 1.26 bits per heavy atom. The number of hydrogen-bond acceptors (Lipinski definition) is 2. The summed E-state index contributed by atoms with van der Waals surface area (Å²) in [5.74, 6) is 0. The van der Waals surface area contributed by atoms with Gasteiger partial charge in [-0.1, -0.05) is 41.4 Å². The molecule has 0 amide bonds. The zero-order valence-corrected chi connectivity index (χ0v) is 11.7. The van der Waals surface area contributed by atoms with E-state index in [1.807, 2.05) is 12.1 Å². The molecule has 0 unspecified atom stereocenters. The zero-order valence-electron chi connectivity index (χ0n) is 11.0. The van der Waals surface area contributed by atoms with E-state index in [0.717, 1.165) is 35.9 Å². The predicted molar refractivity (Wildman–Crippen MR) is 81.8 cm³/mol. The van der Waals surface area contributed by atoms with E-state index in [-0.39, 0.29) is 0 Å². The van der Waals surface area contributed by atoms with Crippen LogP contribution in [0.3, 0.4) is 0 Å². The number of nitrogens with two attached hydrogens (primary N) is 1. The number of hydrogen-bond donors (Lipinski definition) is 1. The highest BCUT2D eigenvalue weighted by Gasteiger charge is 2.22. The number of rotatable bonds is 2. The maximum Gasteiger partial charge on any atom is 0.0662 e. The Morgan fingerprint density at radius 2 is 2.11 bits per heavy atom. The van der Waals surface area contributed by atoms with Gasteiger partial charge in [0, 0.05) is 18.8 Å². The second-order valence-corrected chi connectivity index (χ2v) is 5.58. The molecule has 0 aromatic heterocycles. The smallest absolute Gasteiger partial charge is 0.0662 e. The minimum absolute atomic E-state index is 0.751. The van der Waals surface area contributed by atoms with Crippen LogP contribution < -0.4 is 10.6 Å². The third-order valence-electron chi connectivity index (χ3n) is 3.59. The van der Waals surface area contributed by atoms with E-state index in [0.29, 0.717) is 0 Å². The molecule has 2 aromatic carbocycles. The van der Waals surface area contributed by atoms with Gasteiger partial charge in [0.05, 0.1) is 10.7 Å². The van der Waals surface area contributed by atoms with Gasteiger partial charge in [0.25, 0.3) is 0 Å². The van der Waals surface area contributed by atoms with E-state index in [9.17, 15) is 0 Å². The number of aryl methyl sites for hydroxylation is 1. The molecule has 1 heterocycles. The summed E-state index contributed by atoms with van der Waals surface area (Å²) in [5, 5.41) is 0.764. The van der Waals surface area contributed by atoms with Gasteiger partial charge in [-0.05, 0) is 36.6 Å². The lowest BCUT2D eigenvalue weighted by atomic mass is 10.1. The Hall–Kier alpha value is -1.67. The Balaban J connectivity index is 1.91. The quantitative estimate of drug-likeness (QED) is 0.843. The summed E-state index contributed by atoms with van der Waals surface area (Å²) in [6, 6.07) is 12.5. The monoisotopic (exact) mass is 272 g/mol. The number of nitrogen functional groups attached to an aromatic ring is 1. The predicted octanol–water partition coefficient (Wildman–Crippen LogP) is 3.79. The van der Waals surface area contributed by atoms with Crippen LogP contribution in [0.2, 0.25) is 5.02 Å². The molecule has 0 spiro atoms. The van der Waals surface area contributed by atoms with Gasteiger partial charge in [-0.3, -0.25) is 0 Å². The fourth-order valence-corrected chi connectivity index (χ4v) is 3.15. The molecule has 2 nitrogen and oxygen atoms in total. The summed E-state index contributed by atoms with van der Waals surface area (Å²) in [6.07, 6.45) is 1.02. The second kappa shape index (κ2) is 4.78. The van der Waals surface area contributed by atoms with Gasteiger partial charge in [0.1, 0.15) is 0 Å². The molecule has 2 N–H and O–H groups in total. The first-order valence-electron chi connectivity index (χ1n) is 6.52. The van der Waals surface area contributed by atoms with E-state index < -0.39 is 0 Å². The topological polar surface area (TPSA) is 29.3 Å². The molecule has 0 aliphatic carbocycles. The lowest BCUT2D eigenvalue weighted by molar-refractivity contribution is 0.835. The Labute approximate surface area is 118 Å². The summed E-state index contributed by atoms with van der Waals surface area (Å²) in [7, 11) is 0. The fourth-order valence-electron chi connectivity index (χ4n) is 2.78. The molecule has 3 rings (SSSR count). The summed E-state index contributed by atoms with van der Waals surface area (Å²) >= 11 is 6.35. The zero-order chi connectivity index (χ0) is 13.4. The van der Waals surface area contributed by atoms with Gasteiger partial charge in [0.2, 0.25) is 0 Å². The number of nitrogens with zero attached hydrogens (tertiary/aromatic N) is 1. The standard InChI is InChI=1S/C16H17ClN2/c1-11-3-2-4-12(7-11)10-19-6-5-13-8-14(18)9-15(17)16(13)19/h2-4,7-9H,5-6,10,18H2,1H3. The second-order valence-electron chi connectivity index (χ2n) is 5.17. The van der Waals surface area contributed by atoms with Crippen molar-refractivity contribution >= 4 is 23.0 Å². The van der Waals surface area contributed by atoms with Gasteiger partial charge in [-0.2, -0.15) is 0 Å². The Kier molecular flexibility index (Phi) is 3.11. The highest BCUT2D eigenvalue weighted by Crippen LogP contribution is 2.37. The molecular formula is C16H17ClN2. The van der Waals surface area contributed by atoms with Gasteiger partial charge in [-0.15, -0.1) is 0 Å². The molecule has 0 atom stereocenters. The maximum absolute atomic E-state index is 6.35. The van der Waals surface area contributed by atoms with E-state index in [4.69, 9.17) is 17.3 Å². The highest BCUT2D eigenvalue weighted by atomic mass is 35.5. The molecule has 1 aliphatic rings. The molecule has 19 heavy (non-hydrogen) atoms. The summed E-state index contributed by atoms with van der Waals surface area (Å²) in [5.41, 5.74) is 11.6. The number of fused-ring (bicyclic) bond motifs is 1. The van der Waals surface area contributed by atoms with Gasteiger partial charge in [-0.25, -0.2) is 0 Å². The van der Waals surface area contributed by atoms with E-state index in [2.05, 4.69) is 36.1 Å². The van der Waals surface area contributed by atoms with Crippen molar-refractivity contribution in [2.24, 2.45) is 0 Å². The summed E-state index contributed by atoms with van der Waals surface area (Å²) < 4.78 is 0. The fraction of sp³-hybridized carbons (Fsp3) is 0.250. The van der Waals surface area contributed by atoms with Gasteiger partial charge in [0.15, 0.2) is 0 Å². The van der Waals surface area contributed by atoms with Crippen LogP contribution in [-0.4, -0.2) is 6.54 Å². The average molecular weight is 273 g/mol. The van der Waals surface area contributed by atoms with E-state index in [1.54, 1.807) is 0 Å². The molecule has 3 heteroatoms. The van der Waals surface area contributed by atoms with E-state index in [1.165, 1.54) is 16.7 Å². The van der Waals surface area contributed by atoms with Crippen molar-refractivity contribution < 1.29 is 0 Å². The number of anilines is 2. The lowest BCUT2D eigenvalue weighted by Gasteiger charge is -2.21. The molecule has 1 aliphatic heterocycles. The molecule has 0 radical (unpaired) electrons. The van der Waals surface area contributed by atoms with Crippen molar-refractivity contribution in [2.45, 2.75) is 19.9 Å². The minimum atomic E-state index is 0.751. The van der Waals surface area contributed by atoms with Crippen molar-refractivity contribution in [2.75, 3.05) is 17.2 Å². The van der Waals surface area contributed by atoms with Crippen LogP contribution in [0.5, 0.6) is 0 Å². The molecule has 2 aromatic rings. The molecule has 98 valence electrons. The highest BCUT2D eigenvalue weighted by molar-refractivity contribution is 6.33. The van der Waals surface area contributed by atoms with Crippen molar-refractivity contribution in [1.82, 2.24) is 0 Å². The molecule has 0 bridgehead atoms. The number of benzene rings is 2. The van der Waals surface area contributed by atoms with Crippen LogP contribution in [0, 0.1) is 6.92 Å². The Morgan fingerprint density at radius 3 is 2.89 bits per heavy atom. The van der Waals surface area contributed by atoms with Crippen LogP contribution in [0.25, 0.3) is 0 Å². The third kappa shape index (κ3) is 2.41. The first-order valence-corrected chi connectivity index (χ1v) is 6.89. The Bertz CT molecular complexity index is 622. The van der Waals surface area contributed by atoms with Gasteiger partial charge >= 0.3 is 0 Å². The lowest BCUT2D eigenvalue weighted by Crippen LogP contribution is -2.20. The molecule has 0 fully saturated rings. The third-order valence-corrected chi connectivity index (χ3v) is 3.88. The van der Waals surface area contributed by atoms with Crippen molar-refractivity contribution in [3.63, 3.8) is 0 Å². The largest absolute Gasteiger partial charge is 0.399 e.